The second-order valence-electron chi connectivity index (χ2n) is 6.52. The van der Waals surface area contributed by atoms with Gasteiger partial charge < -0.3 is 10.5 Å². The standard InChI is InChI=1S/C21H25NO2/c1-2-3-12-24-18-10-11-19(21(22)23)20(14-18)17-9-8-15-6-4-5-7-16(15)13-17/h4-7,10-11,14,17H,2-3,8-9,12-13H2,1H3,(H2,22,23). The number of nitrogens with two attached hydrogens (primary N) is 1. The predicted molar refractivity (Wildman–Crippen MR) is 96.6 cm³/mol. The van der Waals surface area contributed by atoms with Gasteiger partial charge in [-0.05, 0) is 66.5 Å². The lowest BCUT2D eigenvalue weighted by Crippen LogP contribution is -2.19. The summed E-state index contributed by atoms with van der Waals surface area (Å²) in [4.78, 5) is 11.9. The van der Waals surface area contributed by atoms with Crippen LogP contribution in [0.1, 0.15) is 59.2 Å². The van der Waals surface area contributed by atoms with Gasteiger partial charge in [-0.25, -0.2) is 0 Å². The first-order chi connectivity index (χ1) is 11.7. The van der Waals surface area contributed by atoms with Crippen LogP contribution in [0.25, 0.3) is 0 Å². The van der Waals surface area contributed by atoms with Crippen LogP contribution < -0.4 is 10.5 Å². The largest absolute Gasteiger partial charge is 0.494 e. The fraction of sp³-hybridized carbons (Fsp3) is 0.381. The fourth-order valence-electron chi connectivity index (χ4n) is 3.49. The van der Waals surface area contributed by atoms with E-state index in [4.69, 9.17) is 10.5 Å². The van der Waals surface area contributed by atoms with E-state index in [2.05, 4.69) is 31.2 Å². The maximum Gasteiger partial charge on any atom is 0.248 e. The summed E-state index contributed by atoms with van der Waals surface area (Å²) < 4.78 is 5.83. The molecule has 0 aromatic heterocycles. The van der Waals surface area contributed by atoms with Gasteiger partial charge in [-0.1, -0.05) is 37.6 Å². The molecule has 0 heterocycles. The summed E-state index contributed by atoms with van der Waals surface area (Å²) >= 11 is 0. The molecular weight excluding hydrogens is 298 g/mol. The van der Waals surface area contributed by atoms with E-state index in [0.717, 1.165) is 43.4 Å². The molecule has 3 heteroatoms. The molecule has 1 aliphatic carbocycles. The molecule has 1 aliphatic rings. The number of benzene rings is 2. The molecule has 0 aliphatic heterocycles. The van der Waals surface area contributed by atoms with Gasteiger partial charge in [-0.2, -0.15) is 0 Å². The molecule has 1 unspecified atom stereocenters. The zero-order valence-corrected chi connectivity index (χ0v) is 14.3. The third-order valence-electron chi connectivity index (χ3n) is 4.84. The number of hydrogen-bond acceptors (Lipinski definition) is 2. The molecule has 1 atom stereocenters. The van der Waals surface area contributed by atoms with E-state index in [0.29, 0.717) is 18.1 Å². The minimum absolute atomic E-state index is 0.317. The average molecular weight is 323 g/mol. The highest BCUT2D eigenvalue weighted by atomic mass is 16.5. The minimum atomic E-state index is -0.357. The monoisotopic (exact) mass is 323 g/mol. The van der Waals surface area contributed by atoms with Gasteiger partial charge in [0.1, 0.15) is 5.75 Å². The number of amides is 1. The maximum atomic E-state index is 11.9. The van der Waals surface area contributed by atoms with Crippen LogP contribution in [0.4, 0.5) is 0 Å². The Morgan fingerprint density at radius 1 is 1.21 bits per heavy atom. The molecule has 2 aromatic rings. The average Bonchev–Trinajstić information content (AvgIpc) is 2.61. The highest BCUT2D eigenvalue weighted by Crippen LogP contribution is 2.35. The molecule has 0 spiro atoms. The lowest BCUT2D eigenvalue weighted by molar-refractivity contribution is 0.0998. The Balaban J connectivity index is 1.87. The first kappa shape index (κ1) is 16.6. The number of fused-ring (bicyclic) bond motifs is 1. The number of hydrogen-bond donors (Lipinski definition) is 1. The Morgan fingerprint density at radius 2 is 2.00 bits per heavy atom. The van der Waals surface area contributed by atoms with Crippen LogP contribution in [-0.2, 0) is 12.8 Å². The Bertz CT molecular complexity index is 724. The molecule has 3 rings (SSSR count). The Morgan fingerprint density at radius 3 is 2.75 bits per heavy atom. The van der Waals surface area contributed by atoms with Crippen molar-refractivity contribution in [3.05, 3.63) is 64.7 Å². The second-order valence-corrected chi connectivity index (χ2v) is 6.52. The third-order valence-corrected chi connectivity index (χ3v) is 4.84. The molecule has 0 saturated carbocycles. The highest BCUT2D eigenvalue weighted by molar-refractivity contribution is 5.94. The molecule has 0 radical (unpaired) electrons. The number of ether oxygens (including phenoxy) is 1. The van der Waals surface area contributed by atoms with Crippen molar-refractivity contribution in [2.24, 2.45) is 5.73 Å². The smallest absolute Gasteiger partial charge is 0.248 e. The molecule has 2 aromatic carbocycles. The van der Waals surface area contributed by atoms with Gasteiger partial charge in [0, 0.05) is 5.56 Å². The number of unbranched alkanes of at least 4 members (excludes halogenated alkanes) is 1. The normalized spacial score (nSPS) is 16.5. The molecule has 126 valence electrons. The Labute approximate surface area is 143 Å². The van der Waals surface area contributed by atoms with E-state index in [9.17, 15) is 4.79 Å². The van der Waals surface area contributed by atoms with Crippen molar-refractivity contribution >= 4 is 5.91 Å². The topological polar surface area (TPSA) is 52.3 Å². The summed E-state index contributed by atoms with van der Waals surface area (Å²) in [5.74, 6) is 0.795. The highest BCUT2D eigenvalue weighted by Gasteiger charge is 2.24. The van der Waals surface area contributed by atoms with Gasteiger partial charge in [0.05, 0.1) is 6.61 Å². The molecule has 1 amide bonds. The molecule has 0 bridgehead atoms. The summed E-state index contributed by atoms with van der Waals surface area (Å²) in [6, 6.07) is 14.3. The van der Waals surface area contributed by atoms with Crippen LogP contribution >= 0.6 is 0 Å². The minimum Gasteiger partial charge on any atom is -0.494 e. The summed E-state index contributed by atoms with van der Waals surface area (Å²) in [5, 5.41) is 0. The van der Waals surface area contributed by atoms with Gasteiger partial charge >= 0.3 is 0 Å². The van der Waals surface area contributed by atoms with Gasteiger partial charge in [-0.15, -0.1) is 0 Å². The van der Waals surface area contributed by atoms with Crippen LogP contribution in [0.2, 0.25) is 0 Å². The van der Waals surface area contributed by atoms with E-state index >= 15 is 0 Å². The van der Waals surface area contributed by atoms with Crippen LogP contribution in [-0.4, -0.2) is 12.5 Å². The summed E-state index contributed by atoms with van der Waals surface area (Å²) in [6.07, 6.45) is 5.17. The summed E-state index contributed by atoms with van der Waals surface area (Å²) in [6.45, 7) is 2.85. The van der Waals surface area contributed by atoms with Gasteiger partial charge in [-0.3, -0.25) is 4.79 Å². The SMILES string of the molecule is CCCCOc1ccc(C(N)=O)c(C2CCc3ccccc3C2)c1. The van der Waals surface area contributed by atoms with Crippen LogP contribution in [0.15, 0.2) is 42.5 Å². The number of carbonyl (C=O) groups excluding carboxylic acids is 1. The van der Waals surface area contributed by atoms with Crippen molar-refractivity contribution in [1.82, 2.24) is 0 Å². The van der Waals surface area contributed by atoms with E-state index in [1.807, 2.05) is 18.2 Å². The first-order valence-electron chi connectivity index (χ1n) is 8.82. The van der Waals surface area contributed by atoms with E-state index < -0.39 is 0 Å². The van der Waals surface area contributed by atoms with Crippen LogP contribution in [0, 0.1) is 0 Å². The van der Waals surface area contributed by atoms with Crippen LogP contribution in [0.3, 0.4) is 0 Å². The Hall–Kier alpha value is -2.29. The maximum absolute atomic E-state index is 11.9. The van der Waals surface area contributed by atoms with E-state index in [1.54, 1.807) is 0 Å². The fourth-order valence-corrected chi connectivity index (χ4v) is 3.49. The van der Waals surface area contributed by atoms with Gasteiger partial charge in [0.15, 0.2) is 0 Å². The molecule has 3 nitrogen and oxygen atoms in total. The molecule has 24 heavy (non-hydrogen) atoms. The van der Waals surface area contributed by atoms with Gasteiger partial charge in [0.2, 0.25) is 5.91 Å². The quantitative estimate of drug-likeness (QED) is 0.809. The van der Waals surface area contributed by atoms with E-state index in [1.165, 1.54) is 11.1 Å². The summed E-state index contributed by atoms with van der Waals surface area (Å²) in [7, 11) is 0. The number of carbonyl (C=O) groups is 1. The van der Waals surface area contributed by atoms with Crippen molar-refractivity contribution < 1.29 is 9.53 Å². The molecular formula is C21H25NO2. The zero-order valence-electron chi connectivity index (χ0n) is 14.3. The predicted octanol–water partition coefficient (Wildman–Crippen LogP) is 4.24. The van der Waals surface area contributed by atoms with Crippen molar-refractivity contribution in [3.8, 4) is 5.75 Å². The van der Waals surface area contributed by atoms with Crippen molar-refractivity contribution in [3.63, 3.8) is 0 Å². The molecule has 0 saturated heterocycles. The van der Waals surface area contributed by atoms with Gasteiger partial charge in [0.25, 0.3) is 0 Å². The second kappa shape index (κ2) is 7.52. The number of primary amides is 1. The molecule has 2 N–H and O–H groups in total. The van der Waals surface area contributed by atoms with Crippen molar-refractivity contribution in [1.29, 1.82) is 0 Å². The Kier molecular flexibility index (Phi) is 5.19. The zero-order chi connectivity index (χ0) is 16.9. The first-order valence-corrected chi connectivity index (χ1v) is 8.82. The lowest BCUT2D eigenvalue weighted by Gasteiger charge is -2.26. The summed E-state index contributed by atoms with van der Waals surface area (Å²) in [5.41, 5.74) is 10.1. The number of rotatable bonds is 6. The van der Waals surface area contributed by atoms with Crippen LogP contribution in [0.5, 0.6) is 5.75 Å². The van der Waals surface area contributed by atoms with Crippen molar-refractivity contribution in [2.75, 3.05) is 6.61 Å². The molecule has 0 fully saturated rings. The van der Waals surface area contributed by atoms with E-state index in [-0.39, 0.29) is 5.91 Å². The van der Waals surface area contributed by atoms with Crippen molar-refractivity contribution in [2.45, 2.75) is 44.9 Å². The number of aryl methyl sites for hydroxylation is 1. The third kappa shape index (κ3) is 3.61. The lowest BCUT2D eigenvalue weighted by atomic mass is 9.78.